The first kappa shape index (κ1) is 16.3. The normalized spacial score (nSPS) is 16.4. The molecule has 0 radical (unpaired) electrons. The van der Waals surface area contributed by atoms with Crippen molar-refractivity contribution >= 4 is 17.7 Å². The number of benzene rings is 1. The summed E-state index contributed by atoms with van der Waals surface area (Å²) in [5.74, 6) is 0.555. The maximum atomic E-state index is 13.1. The lowest BCUT2D eigenvalue weighted by Gasteiger charge is -2.32. The number of piperidine rings is 1. The van der Waals surface area contributed by atoms with E-state index in [1.54, 1.807) is 6.92 Å². The van der Waals surface area contributed by atoms with E-state index in [2.05, 4.69) is 20.8 Å². The Bertz CT molecular complexity index is 716. The second-order valence-electron chi connectivity index (χ2n) is 5.93. The van der Waals surface area contributed by atoms with Gasteiger partial charge in [0.05, 0.1) is 0 Å². The first-order chi connectivity index (χ1) is 11.7. The Labute approximate surface area is 141 Å². The Morgan fingerprint density at radius 2 is 1.96 bits per heavy atom. The number of rotatable bonds is 4. The quantitative estimate of drug-likeness (QED) is 0.854. The lowest BCUT2D eigenvalue weighted by molar-refractivity contribution is -0.126. The van der Waals surface area contributed by atoms with Crippen LogP contribution in [0.5, 0.6) is 0 Å². The summed E-state index contributed by atoms with van der Waals surface area (Å²) in [5.41, 5.74) is 1.42. The molecule has 0 atom stereocenters. The summed E-state index contributed by atoms with van der Waals surface area (Å²) < 4.78 is 1.51. The van der Waals surface area contributed by atoms with Gasteiger partial charge in [-0.25, -0.2) is 0 Å². The third-order valence-electron chi connectivity index (χ3n) is 4.37. The van der Waals surface area contributed by atoms with Crippen LogP contribution < -0.4 is 5.32 Å². The van der Waals surface area contributed by atoms with Gasteiger partial charge in [-0.1, -0.05) is 30.3 Å². The lowest BCUT2D eigenvalue weighted by Crippen LogP contribution is -2.44. The zero-order valence-corrected chi connectivity index (χ0v) is 14.0. The van der Waals surface area contributed by atoms with Crippen LogP contribution in [-0.4, -0.2) is 57.2 Å². The zero-order chi connectivity index (χ0) is 16.9. The molecule has 24 heavy (non-hydrogen) atoms. The molecule has 126 valence electrons. The van der Waals surface area contributed by atoms with Crippen LogP contribution in [0.4, 0.5) is 0 Å². The van der Waals surface area contributed by atoms with Gasteiger partial charge in [0.15, 0.2) is 5.82 Å². The molecule has 1 amide bonds. The van der Waals surface area contributed by atoms with Gasteiger partial charge < -0.3 is 10.2 Å². The summed E-state index contributed by atoms with van der Waals surface area (Å²) in [5, 5.41) is 14.9. The van der Waals surface area contributed by atoms with E-state index in [0.717, 1.165) is 31.5 Å². The Balaban J connectivity index is 1.89. The highest BCUT2D eigenvalue weighted by atomic mass is 16.2. The standard InChI is InChI=1S/C17H22N6O/c1-13-19-20-21-23(13)16(12-14-6-4-3-5-7-14)17(24)22-10-8-15(18-2)9-11-22/h3-7,12,15,18H,8-11H2,1-2H3. The van der Waals surface area contributed by atoms with Crippen molar-refractivity contribution < 1.29 is 4.79 Å². The van der Waals surface area contributed by atoms with Crippen LogP contribution in [-0.2, 0) is 4.79 Å². The molecule has 1 aliphatic heterocycles. The van der Waals surface area contributed by atoms with Crippen LogP contribution in [0.25, 0.3) is 11.8 Å². The molecule has 0 aliphatic carbocycles. The van der Waals surface area contributed by atoms with E-state index in [-0.39, 0.29) is 5.91 Å². The zero-order valence-electron chi connectivity index (χ0n) is 14.0. The third-order valence-corrected chi connectivity index (χ3v) is 4.37. The fourth-order valence-electron chi connectivity index (χ4n) is 2.91. The first-order valence-electron chi connectivity index (χ1n) is 8.17. The van der Waals surface area contributed by atoms with E-state index in [4.69, 9.17) is 0 Å². The Hall–Kier alpha value is -2.54. The lowest BCUT2D eigenvalue weighted by atomic mass is 10.0. The van der Waals surface area contributed by atoms with Gasteiger partial charge in [0, 0.05) is 19.1 Å². The number of aryl methyl sites for hydroxylation is 1. The van der Waals surface area contributed by atoms with E-state index in [1.165, 1.54) is 4.68 Å². The molecule has 7 nitrogen and oxygen atoms in total. The van der Waals surface area contributed by atoms with Crippen LogP contribution in [0, 0.1) is 6.92 Å². The smallest absolute Gasteiger partial charge is 0.272 e. The predicted molar refractivity (Wildman–Crippen MR) is 91.8 cm³/mol. The Morgan fingerprint density at radius 3 is 2.54 bits per heavy atom. The Kier molecular flexibility index (Phi) is 5.00. The number of carbonyl (C=O) groups is 1. The predicted octanol–water partition coefficient (Wildman–Crippen LogP) is 1.19. The van der Waals surface area contributed by atoms with E-state index in [1.807, 2.05) is 48.4 Å². The van der Waals surface area contributed by atoms with Gasteiger partial charge in [-0.15, -0.1) is 5.10 Å². The maximum Gasteiger partial charge on any atom is 0.272 e. The number of likely N-dealkylation sites (tertiary alicyclic amines) is 1. The van der Waals surface area contributed by atoms with Crippen molar-refractivity contribution in [3.63, 3.8) is 0 Å². The summed E-state index contributed by atoms with van der Waals surface area (Å²) >= 11 is 0. The molecular formula is C17H22N6O. The number of amides is 1. The van der Waals surface area contributed by atoms with Gasteiger partial charge in [0.2, 0.25) is 0 Å². The molecule has 0 bridgehead atoms. The summed E-state index contributed by atoms with van der Waals surface area (Å²) in [6, 6.07) is 10.2. The molecule has 1 saturated heterocycles. The fourth-order valence-corrected chi connectivity index (χ4v) is 2.91. The monoisotopic (exact) mass is 326 g/mol. The topological polar surface area (TPSA) is 75.9 Å². The molecule has 0 spiro atoms. The summed E-state index contributed by atoms with van der Waals surface area (Å²) in [7, 11) is 1.97. The van der Waals surface area contributed by atoms with Gasteiger partial charge in [-0.3, -0.25) is 4.79 Å². The first-order valence-corrected chi connectivity index (χ1v) is 8.17. The molecule has 2 heterocycles. The molecule has 7 heteroatoms. The molecule has 1 aromatic carbocycles. The minimum atomic E-state index is -0.0381. The van der Waals surface area contributed by atoms with Gasteiger partial charge in [0.25, 0.3) is 5.91 Å². The molecule has 0 unspecified atom stereocenters. The van der Waals surface area contributed by atoms with E-state index in [9.17, 15) is 4.79 Å². The van der Waals surface area contributed by atoms with Crippen LogP contribution in [0.15, 0.2) is 30.3 Å². The summed E-state index contributed by atoms with van der Waals surface area (Å²) in [4.78, 5) is 14.9. The molecule has 1 aliphatic rings. The highest BCUT2D eigenvalue weighted by Gasteiger charge is 2.26. The number of aromatic nitrogens is 4. The average molecular weight is 326 g/mol. The Morgan fingerprint density at radius 1 is 1.25 bits per heavy atom. The molecule has 1 aromatic heterocycles. The highest BCUT2D eigenvalue weighted by Crippen LogP contribution is 2.18. The number of nitrogens with zero attached hydrogens (tertiary/aromatic N) is 5. The van der Waals surface area contributed by atoms with Crippen molar-refractivity contribution in [1.29, 1.82) is 0 Å². The minimum Gasteiger partial charge on any atom is -0.337 e. The van der Waals surface area contributed by atoms with E-state index in [0.29, 0.717) is 17.6 Å². The summed E-state index contributed by atoms with van der Waals surface area (Å²) in [6.45, 7) is 3.26. The minimum absolute atomic E-state index is 0.0381. The van der Waals surface area contributed by atoms with E-state index < -0.39 is 0 Å². The maximum absolute atomic E-state index is 13.1. The van der Waals surface area contributed by atoms with Crippen molar-refractivity contribution in [3.05, 3.63) is 41.7 Å². The second-order valence-corrected chi connectivity index (χ2v) is 5.93. The van der Waals surface area contributed by atoms with Gasteiger partial charge in [-0.05, 0) is 48.9 Å². The number of hydrogen-bond donors (Lipinski definition) is 1. The van der Waals surface area contributed by atoms with Crippen LogP contribution in [0.2, 0.25) is 0 Å². The number of hydrogen-bond acceptors (Lipinski definition) is 5. The van der Waals surface area contributed by atoms with Crippen LogP contribution in [0.1, 0.15) is 24.2 Å². The molecule has 2 aromatic rings. The van der Waals surface area contributed by atoms with Crippen LogP contribution in [0.3, 0.4) is 0 Å². The van der Waals surface area contributed by atoms with Crippen molar-refractivity contribution in [2.45, 2.75) is 25.8 Å². The van der Waals surface area contributed by atoms with Gasteiger partial charge >= 0.3 is 0 Å². The van der Waals surface area contributed by atoms with Crippen molar-refractivity contribution in [1.82, 2.24) is 30.4 Å². The molecule has 1 fully saturated rings. The molecule has 1 N–H and O–H groups in total. The fraction of sp³-hybridized carbons (Fsp3) is 0.412. The SMILES string of the molecule is CNC1CCN(C(=O)C(=Cc2ccccc2)n2nnnc2C)CC1. The largest absolute Gasteiger partial charge is 0.337 e. The van der Waals surface area contributed by atoms with Gasteiger partial charge in [-0.2, -0.15) is 4.68 Å². The van der Waals surface area contributed by atoms with Crippen LogP contribution >= 0.6 is 0 Å². The van der Waals surface area contributed by atoms with Crippen molar-refractivity contribution in [2.75, 3.05) is 20.1 Å². The molecular weight excluding hydrogens is 304 g/mol. The number of tetrazole rings is 1. The van der Waals surface area contributed by atoms with Crippen molar-refractivity contribution in [3.8, 4) is 0 Å². The average Bonchev–Trinajstić information content (AvgIpc) is 3.06. The van der Waals surface area contributed by atoms with Gasteiger partial charge in [0.1, 0.15) is 5.70 Å². The number of carbonyl (C=O) groups excluding carboxylic acids is 1. The number of nitrogens with one attached hydrogen (secondary N) is 1. The van der Waals surface area contributed by atoms with E-state index >= 15 is 0 Å². The van der Waals surface area contributed by atoms with Crippen molar-refractivity contribution in [2.24, 2.45) is 0 Å². The molecule has 3 rings (SSSR count). The molecule has 0 saturated carbocycles. The third kappa shape index (κ3) is 3.51. The highest BCUT2D eigenvalue weighted by molar-refractivity contribution is 6.18. The summed E-state index contributed by atoms with van der Waals surface area (Å²) in [6.07, 6.45) is 3.75. The second kappa shape index (κ2) is 7.35.